The molecule has 8 nitrogen and oxygen atoms in total. The van der Waals surface area contributed by atoms with E-state index < -0.39 is 34.4 Å². The van der Waals surface area contributed by atoms with Crippen LogP contribution in [-0.4, -0.2) is 36.1 Å². The van der Waals surface area contributed by atoms with E-state index in [1.165, 1.54) is 12.8 Å². The van der Waals surface area contributed by atoms with E-state index in [9.17, 15) is 27.7 Å². The molecule has 0 heterocycles. The van der Waals surface area contributed by atoms with Gasteiger partial charge in [0.05, 0.1) is 6.10 Å². The Labute approximate surface area is 269 Å². The van der Waals surface area contributed by atoms with Crippen molar-refractivity contribution in [1.29, 1.82) is 0 Å². The van der Waals surface area contributed by atoms with E-state index in [-0.39, 0.29) is 16.7 Å². The van der Waals surface area contributed by atoms with E-state index in [0.29, 0.717) is 47.6 Å². The summed E-state index contributed by atoms with van der Waals surface area (Å²) in [5, 5.41) is 12.4. The second-order valence-electron chi connectivity index (χ2n) is 15.0. The standard InChI is InChI=1S/C36H51NO7S/c1-22(24(3)33(38)37-32(34(39)40)25-9-7-6-8-10-25)11-12-23(2)29-15-16-30-28-14-13-26-21-27(44-45(41,42)43)17-19-35(26,4)31(28)18-20-36(29,30)5/h6-10,22-23,26-27,29,31-32H,3,11-21H2,1-2,4-5H3,(H,37,38)(H,39,40)(H,41,42,43)/t22?,23-,26+,27+,29-,31+,32+,35+,36-/m1/s1. The Balaban J connectivity index is 1.20. The van der Waals surface area contributed by atoms with Crippen molar-refractivity contribution in [2.24, 2.45) is 40.4 Å². The smallest absolute Gasteiger partial charge is 0.397 e. The van der Waals surface area contributed by atoms with Crippen molar-refractivity contribution >= 4 is 22.3 Å². The van der Waals surface area contributed by atoms with Crippen LogP contribution in [0, 0.1) is 40.4 Å². The number of carboxylic acid groups (broad SMARTS) is 1. The number of nitrogens with one attached hydrogen (secondary N) is 1. The van der Waals surface area contributed by atoms with Gasteiger partial charge in [-0.15, -0.1) is 0 Å². The van der Waals surface area contributed by atoms with Crippen LogP contribution in [0.2, 0.25) is 0 Å². The lowest BCUT2D eigenvalue weighted by atomic mass is 9.49. The predicted molar refractivity (Wildman–Crippen MR) is 173 cm³/mol. The summed E-state index contributed by atoms with van der Waals surface area (Å²) in [7, 11) is -4.43. The van der Waals surface area contributed by atoms with Gasteiger partial charge in [0.2, 0.25) is 5.91 Å². The molecule has 3 fully saturated rings. The van der Waals surface area contributed by atoms with Gasteiger partial charge in [0.25, 0.3) is 0 Å². The molecule has 1 amide bonds. The first-order valence-electron chi connectivity index (χ1n) is 16.8. The SMILES string of the molecule is C=C(C(=O)N[C@H](C(=O)O)c1ccccc1)C(C)CC[C@@H](C)[C@H]1CCC2=C3CC[C@H]4C[C@@H](OS(=O)(=O)O)CC[C@]4(C)[C@H]3CC[C@@]21C. The molecule has 1 unspecified atom stereocenters. The highest BCUT2D eigenvalue weighted by atomic mass is 32.3. The molecule has 248 valence electrons. The van der Waals surface area contributed by atoms with Gasteiger partial charge >= 0.3 is 16.4 Å². The molecule has 4 aliphatic rings. The highest BCUT2D eigenvalue weighted by molar-refractivity contribution is 7.80. The molecule has 0 spiro atoms. The van der Waals surface area contributed by atoms with Crippen molar-refractivity contribution in [3.8, 4) is 0 Å². The molecule has 5 rings (SSSR count). The number of carbonyl (C=O) groups excluding carboxylic acids is 1. The van der Waals surface area contributed by atoms with E-state index in [0.717, 1.165) is 44.9 Å². The van der Waals surface area contributed by atoms with Crippen molar-refractivity contribution in [2.45, 2.75) is 110 Å². The Bertz CT molecular complexity index is 1440. The molecule has 0 aromatic heterocycles. The number of hydrogen-bond donors (Lipinski definition) is 3. The zero-order valence-electron chi connectivity index (χ0n) is 27.3. The minimum atomic E-state index is -4.43. The third kappa shape index (κ3) is 6.82. The number of benzene rings is 1. The molecule has 0 saturated heterocycles. The number of carbonyl (C=O) groups is 2. The number of carboxylic acids is 1. The Hall–Kier alpha value is -2.49. The van der Waals surface area contributed by atoms with E-state index >= 15 is 0 Å². The molecule has 9 atom stereocenters. The summed E-state index contributed by atoms with van der Waals surface area (Å²) < 4.78 is 36.9. The molecule has 3 N–H and O–H groups in total. The molecule has 0 radical (unpaired) electrons. The average molecular weight is 642 g/mol. The largest absolute Gasteiger partial charge is 0.479 e. The van der Waals surface area contributed by atoms with Crippen molar-refractivity contribution in [2.75, 3.05) is 0 Å². The zero-order chi connectivity index (χ0) is 32.7. The monoisotopic (exact) mass is 641 g/mol. The molecule has 0 bridgehead atoms. The number of allylic oxidation sites excluding steroid dienone is 2. The van der Waals surface area contributed by atoms with Crippen LogP contribution in [0.1, 0.15) is 110 Å². The molecule has 9 heteroatoms. The number of aliphatic carboxylic acids is 1. The van der Waals surface area contributed by atoms with Gasteiger partial charge in [-0.1, -0.05) is 75.8 Å². The summed E-state index contributed by atoms with van der Waals surface area (Å²) in [5.74, 6) is 0.431. The molecule has 1 aromatic carbocycles. The first-order valence-corrected chi connectivity index (χ1v) is 18.2. The van der Waals surface area contributed by atoms with Gasteiger partial charge in [0.1, 0.15) is 0 Å². The third-order valence-corrected chi connectivity index (χ3v) is 13.1. The average Bonchev–Trinajstić information content (AvgIpc) is 3.35. The minimum Gasteiger partial charge on any atom is -0.479 e. The first kappa shape index (κ1) is 33.9. The topological polar surface area (TPSA) is 130 Å². The normalized spacial score (nSPS) is 33.3. The number of fused-ring (bicyclic) bond motifs is 4. The van der Waals surface area contributed by atoms with E-state index in [1.807, 2.05) is 13.0 Å². The molecule has 0 aliphatic heterocycles. The molecule has 45 heavy (non-hydrogen) atoms. The maximum Gasteiger partial charge on any atom is 0.397 e. The third-order valence-electron chi connectivity index (χ3n) is 12.6. The Morgan fingerprint density at radius 1 is 1.04 bits per heavy atom. The maximum absolute atomic E-state index is 13.0. The minimum absolute atomic E-state index is 0.0596. The van der Waals surface area contributed by atoms with Crippen LogP contribution in [0.15, 0.2) is 53.6 Å². The van der Waals surface area contributed by atoms with Crippen molar-refractivity contribution in [1.82, 2.24) is 5.32 Å². The van der Waals surface area contributed by atoms with Gasteiger partial charge in [-0.05, 0) is 117 Å². The van der Waals surface area contributed by atoms with E-state index in [1.54, 1.807) is 35.4 Å². The fraction of sp³-hybridized carbons (Fsp3) is 0.667. The summed E-state index contributed by atoms with van der Waals surface area (Å²) in [6, 6.07) is 7.62. The lowest BCUT2D eigenvalue weighted by molar-refractivity contribution is -0.141. The molecule has 1 aromatic rings. The van der Waals surface area contributed by atoms with Gasteiger partial charge < -0.3 is 10.4 Å². The van der Waals surface area contributed by atoms with Crippen molar-refractivity contribution < 1.29 is 31.8 Å². The van der Waals surface area contributed by atoms with Gasteiger partial charge in [-0.3, -0.25) is 9.35 Å². The second-order valence-corrected chi connectivity index (χ2v) is 16.0. The summed E-state index contributed by atoms with van der Waals surface area (Å²) in [6.07, 6.45) is 10.4. The van der Waals surface area contributed by atoms with Gasteiger partial charge in [0, 0.05) is 5.57 Å². The number of hydrogen-bond acceptors (Lipinski definition) is 5. The number of amides is 1. The highest BCUT2D eigenvalue weighted by Gasteiger charge is 2.56. The van der Waals surface area contributed by atoms with Crippen LogP contribution in [0.4, 0.5) is 0 Å². The lowest BCUT2D eigenvalue weighted by Gasteiger charge is -2.57. The zero-order valence-corrected chi connectivity index (χ0v) is 28.1. The Morgan fingerprint density at radius 3 is 2.42 bits per heavy atom. The van der Waals surface area contributed by atoms with Crippen LogP contribution in [0.5, 0.6) is 0 Å². The fourth-order valence-corrected chi connectivity index (χ4v) is 10.4. The van der Waals surface area contributed by atoms with Crippen molar-refractivity contribution in [3.63, 3.8) is 0 Å². The molecule has 3 saturated carbocycles. The number of rotatable bonds is 11. The summed E-state index contributed by atoms with van der Waals surface area (Å²) in [5.41, 5.74) is 4.64. The quantitative estimate of drug-likeness (QED) is 0.130. The maximum atomic E-state index is 13.0. The Kier molecular flexibility index (Phi) is 9.75. The van der Waals surface area contributed by atoms with Crippen molar-refractivity contribution in [3.05, 3.63) is 59.2 Å². The van der Waals surface area contributed by atoms with Crippen LogP contribution in [0.25, 0.3) is 0 Å². The Morgan fingerprint density at radius 2 is 1.76 bits per heavy atom. The van der Waals surface area contributed by atoms with E-state index in [2.05, 4.69) is 32.7 Å². The highest BCUT2D eigenvalue weighted by Crippen LogP contribution is 2.66. The predicted octanol–water partition coefficient (Wildman–Crippen LogP) is 7.45. The summed E-state index contributed by atoms with van der Waals surface area (Å²) in [6.45, 7) is 13.3. The molecular formula is C36H51NO7S. The van der Waals surface area contributed by atoms with Crippen LogP contribution >= 0.6 is 0 Å². The summed E-state index contributed by atoms with van der Waals surface area (Å²) in [4.78, 5) is 24.9. The summed E-state index contributed by atoms with van der Waals surface area (Å²) >= 11 is 0. The van der Waals surface area contributed by atoms with Gasteiger partial charge in [0.15, 0.2) is 6.04 Å². The van der Waals surface area contributed by atoms with Crippen LogP contribution in [-0.2, 0) is 24.2 Å². The fourth-order valence-electron chi connectivity index (χ4n) is 9.93. The van der Waals surface area contributed by atoms with Gasteiger partial charge in [-0.25, -0.2) is 8.98 Å². The van der Waals surface area contributed by atoms with Crippen LogP contribution < -0.4 is 5.32 Å². The molecule has 4 aliphatic carbocycles. The molecular weight excluding hydrogens is 590 g/mol. The second kappa shape index (κ2) is 13.0. The van der Waals surface area contributed by atoms with Crippen LogP contribution in [0.3, 0.4) is 0 Å². The first-order chi connectivity index (χ1) is 21.1. The van der Waals surface area contributed by atoms with Gasteiger partial charge in [-0.2, -0.15) is 8.42 Å². The van der Waals surface area contributed by atoms with E-state index in [4.69, 9.17) is 4.18 Å². The lowest BCUT2D eigenvalue weighted by Crippen LogP contribution is -2.48.